The lowest BCUT2D eigenvalue weighted by molar-refractivity contribution is -0.140. The summed E-state index contributed by atoms with van der Waals surface area (Å²) in [5.74, 6) is -0.115. The number of ether oxygens (including phenoxy) is 1. The Morgan fingerprint density at radius 3 is 2.35 bits per heavy atom. The van der Waals surface area contributed by atoms with Crippen LogP contribution in [0.25, 0.3) is 0 Å². The molecule has 31 heavy (non-hydrogen) atoms. The van der Waals surface area contributed by atoms with Gasteiger partial charge in [0.2, 0.25) is 5.91 Å². The molecule has 1 amide bonds. The lowest BCUT2D eigenvalue weighted by Crippen LogP contribution is -2.47. The maximum atomic E-state index is 13.0. The van der Waals surface area contributed by atoms with Gasteiger partial charge < -0.3 is 20.3 Å². The van der Waals surface area contributed by atoms with E-state index in [9.17, 15) is 9.59 Å². The van der Waals surface area contributed by atoms with E-state index in [4.69, 9.17) is 17.0 Å². The van der Waals surface area contributed by atoms with Gasteiger partial charge in [-0.25, -0.2) is 4.79 Å². The number of allylic oxidation sites excluding steroid dienone is 1. The van der Waals surface area contributed by atoms with Crippen LogP contribution in [0.3, 0.4) is 0 Å². The van der Waals surface area contributed by atoms with Crippen molar-refractivity contribution in [1.82, 2.24) is 10.2 Å². The van der Waals surface area contributed by atoms with Gasteiger partial charge in [-0.2, -0.15) is 0 Å². The number of benzene rings is 1. The van der Waals surface area contributed by atoms with Crippen molar-refractivity contribution >= 4 is 34.9 Å². The van der Waals surface area contributed by atoms with Gasteiger partial charge >= 0.3 is 5.97 Å². The van der Waals surface area contributed by atoms with E-state index in [-0.39, 0.29) is 23.2 Å². The van der Waals surface area contributed by atoms with E-state index in [0.29, 0.717) is 30.3 Å². The Morgan fingerprint density at radius 1 is 1.23 bits per heavy atom. The third kappa shape index (κ3) is 6.79. The second kappa shape index (κ2) is 10.3. The zero-order valence-corrected chi connectivity index (χ0v) is 20.5. The predicted octanol–water partition coefficient (Wildman–Crippen LogP) is 4.79. The molecule has 0 bridgehead atoms. The minimum atomic E-state index is -0.408. The molecule has 0 aliphatic carbocycles. The molecule has 2 N–H and O–H groups in total. The number of carbonyl (C=O) groups excluding carboxylic acids is 2. The molecule has 1 atom stereocenters. The van der Waals surface area contributed by atoms with Crippen LogP contribution in [0.4, 0.5) is 5.69 Å². The summed E-state index contributed by atoms with van der Waals surface area (Å²) in [5.41, 5.74) is 2.87. The van der Waals surface area contributed by atoms with E-state index in [1.54, 1.807) is 0 Å². The Labute approximate surface area is 191 Å². The Hall–Kier alpha value is -2.41. The van der Waals surface area contributed by atoms with Gasteiger partial charge in [-0.3, -0.25) is 4.79 Å². The summed E-state index contributed by atoms with van der Waals surface area (Å²) in [7, 11) is 0. The minimum Gasteiger partial charge on any atom is -0.462 e. The third-order valence-electron chi connectivity index (χ3n) is 4.90. The lowest BCUT2D eigenvalue weighted by atomic mass is 9.92. The third-order valence-corrected chi connectivity index (χ3v) is 5.24. The first kappa shape index (κ1) is 24.9. The van der Waals surface area contributed by atoms with E-state index < -0.39 is 6.04 Å². The Morgan fingerprint density at radius 2 is 1.84 bits per heavy atom. The molecular weight excluding hydrogens is 410 g/mol. The van der Waals surface area contributed by atoms with Crippen molar-refractivity contribution in [3.63, 3.8) is 0 Å². The maximum absolute atomic E-state index is 13.0. The van der Waals surface area contributed by atoms with Crippen LogP contribution in [0, 0.1) is 11.3 Å². The number of nitrogens with zero attached hydrogens (tertiary/aromatic N) is 1. The maximum Gasteiger partial charge on any atom is 0.338 e. The summed E-state index contributed by atoms with van der Waals surface area (Å²) in [5, 5.41) is 6.79. The molecule has 1 aliphatic rings. The molecule has 6 nitrogen and oxygen atoms in total. The number of hydrogen-bond acceptors (Lipinski definition) is 4. The largest absolute Gasteiger partial charge is 0.462 e. The summed E-state index contributed by atoms with van der Waals surface area (Å²) in [6.07, 6.45) is 0.438. The van der Waals surface area contributed by atoms with Gasteiger partial charge in [-0.05, 0) is 55.1 Å². The predicted molar refractivity (Wildman–Crippen MR) is 128 cm³/mol. The molecule has 1 aromatic rings. The van der Waals surface area contributed by atoms with Crippen molar-refractivity contribution in [3.05, 3.63) is 41.1 Å². The number of rotatable bonds is 7. The van der Waals surface area contributed by atoms with E-state index in [2.05, 4.69) is 10.6 Å². The van der Waals surface area contributed by atoms with Crippen molar-refractivity contribution in [3.8, 4) is 0 Å². The topological polar surface area (TPSA) is 70.7 Å². The van der Waals surface area contributed by atoms with Gasteiger partial charge in [-0.1, -0.05) is 46.8 Å². The molecule has 170 valence electrons. The van der Waals surface area contributed by atoms with Gasteiger partial charge in [0.15, 0.2) is 5.11 Å². The highest BCUT2D eigenvalue weighted by molar-refractivity contribution is 7.80. The summed E-state index contributed by atoms with van der Waals surface area (Å²) in [6.45, 7) is 15.0. The number of amides is 1. The molecule has 2 rings (SSSR count). The van der Waals surface area contributed by atoms with Gasteiger partial charge in [0.05, 0.1) is 18.2 Å². The van der Waals surface area contributed by atoms with Crippen molar-refractivity contribution in [2.24, 2.45) is 11.3 Å². The zero-order chi connectivity index (χ0) is 23.3. The van der Waals surface area contributed by atoms with Crippen LogP contribution in [0.15, 0.2) is 35.5 Å². The van der Waals surface area contributed by atoms with Gasteiger partial charge in [0, 0.05) is 24.4 Å². The highest BCUT2D eigenvalue weighted by atomic mass is 32.1. The average Bonchev–Trinajstić information content (AvgIpc) is 2.65. The van der Waals surface area contributed by atoms with Crippen LogP contribution >= 0.6 is 12.2 Å². The number of esters is 1. The molecule has 0 spiro atoms. The van der Waals surface area contributed by atoms with E-state index >= 15 is 0 Å². The molecular formula is C24H35N3O3S. The van der Waals surface area contributed by atoms with Crippen LogP contribution in [-0.2, 0) is 14.3 Å². The van der Waals surface area contributed by atoms with Crippen LogP contribution < -0.4 is 10.6 Å². The molecule has 0 unspecified atom stereocenters. The number of thiocarbonyl (C=S) groups is 1. The smallest absolute Gasteiger partial charge is 0.338 e. The number of carbonyl (C=O) groups is 2. The second-order valence-electron chi connectivity index (χ2n) is 9.53. The SMILES string of the molecule is CCN1C(=S)N[C@H](c2ccc(NC(=O)CC(C)(C)C)cc2)C(C(=O)OCC(C)C)=C1C. The first-order valence-electron chi connectivity index (χ1n) is 10.8. The molecule has 1 heterocycles. The Kier molecular flexibility index (Phi) is 8.23. The fraction of sp³-hybridized carbons (Fsp3) is 0.542. The molecule has 0 saturated carbocycles. The van der Waals surface area contributed by atoms with E-state index in [1.807, 2.05) is 77.6 Å². The highest BCUT2D eigenvalue weighted by Gasteiger charge is 2.34. The minimum absolute atomic E-state index is 0.0236. The monoisotopic (exact) mass is 445 g/mol. The molecule has 7 heteroatoms. The summed E-state index contributed by atoms with van der Waals surface area (Å²) >= 11 is 5.53. The molecule has 0 saturated heterocycles. The molecule has 0 fully saturated rings. The standard InChI is InChI=1S/C24H35N3O3S/c1-8-27-16(4)20(22(29)30-14-15(2)3)21(26-23(27)31)17-9-11-18(12-10-17)25-19(28)13-24(5,6)7/h9-12,15,21H,8,13-14H2,1-7H3,(H,25,28)(H,26,31)/t21-/m1/s1. The van der Waals surface area contributed by atoms with Crippen LogP contribution in [0.1, 0.15) is 66.5 Å². The normalized spacial score (nSPS) is 17.0. The van der Waals surface area contributed by atoms with Crippen molar-refractivity contribution < 1.29 is 14.3 Å². The van der Waals surface area contributed by atoms with Gasteiger partial charge in [0.25, 0.3) is 0 Å². The summed E-state index contributed by atoms with van der Waals surface area (Å²) in [4.78, 5) is 27.1. The van der Waals surface area contributed by atoms with E-state index in [1.165, 1.54) is 0 Å². The summed E-state index contributed by atoms with van der Waals surface area (Å²) < 4.78 is 5.55. The fourth-order valence-electron chi connectivity index (χ4n) is 3.44. The number of hydrogen-bond donors (Lipinski definition) is 2. The summed E-state index contributed by atoms with van der Waals surface area (Å²) in [6, 6.07) is 7.09. The second-order valence-corrected chi connectivity index (χ2v) is 9.91. The van der Waals surface area contributed by atoms with Crippen molar-refractivity contribution in [1.29, 1.82) is 0 Å². The van der Waals surface area contributed by atoms with Crippen molar-refractivity contribution in [2.75, 3.05) is 18.5 Å². The lowest BCUT2D eigenvalue weighted by Gasteiger charge is -2.37. The van der Waals surface area contributed by atoms with Crippen LogP contribution in [-0.4, -0.2) is 35.0 Å². The van der Waals surface area contributed by atoms with Gasteiger partial charge in [-0.15, -0.1) is 0 Å². The Balaban J connectivity index is 2.29. The molecule has 0 radical (unpaired) electrons. The number of anilines is 1. The Bertz CT molecular complexity index is 854. The van der Waals surface area contributed by atoms with Crippen molar-refractivity contribution in [2.45, 2.75) is 60.9 Å². The average molecular weight is 446 g/mol. The quantitative estimate of drug-likeness (QED) is 0.465. The fourth-order valence-corrected chi connectivity index (χ4v) is 3.83. The van der Waals surface area contributed by atoms with Crippen LogP contribution in [0.2, 0.25) is 0 Å². The number of nitrogens with one attached hydrogen (secondary N) is 2. The highest BCUT2D eigenvalue weighted by Crippen LogP contribution is 2.32. The van der Waals surface area contributed by atoms with E-state index in [0.717, 1.165) is 16.9 Å². The van der Waals surface area contributed by atoms with Gasteiger partial charge in [0.1, 0.15) is 0 Å². The first-order valence-corrected chi connectivity index (χ1v) is 11.2. The molecule has 1 aliphatic heterocycles. The first-order chi connectivity index (χ1) is 14.4. The zero-order valence-electron chi connectivity index (χ0n) is 19.7. The molecule has 0 aromatic heterocycles. The van der Waals surface area contributed by atoms with Crippen LogP contribution in [0.5, 0.6) is 0 Å². The molecule has 1 aromatic carbocycles.